The summed E-state index contributed by atoms with van der Waals surface area (Å²) < 4.78 is 5.54. The molecule has 8 nitrogen and oxygen atoms in total. The number of anilines is 1. The summed E-state index contributed by atoms with van der Waals surface area (Å²) in [6.45, 7) is 7.65. The second-order valence-electron chi connectivity index (χ2n) is 10.1. The van der Waals surface area contributed by atoms with Gasteiger partial charge in [-0.15, -0.1) is 0 Å². The molecule has 1 saturated heterocycles. The average Bonchev–Trinajstić information content (AvgIpc) is 3.48. The number of nitrogens with two attached hydrogens (primary N) is 1. The van der Waals surface area contributed by atoms with Crippen LogP contribution in [0.2, 0.25) is 0 Å². The number of benzene rings is 1. The average molecular weight is 438 g/mol. The van der Waals surface area contributed by atoms with Gasteiger partial charge in [0, 0.05) is 54.4 Å². The van der Waals surface area contributed by atoms with E-state index in [0.29, 0.717) is 42.5 Å². The molecule has 0 bridgehead atoms. The van der Waals surface area contributed by atoms with Gasteiger partial charge in [-0.25, -0.2) is 4.99 Å². The molecule has 1 aromatic heterocycles. The van der Waals surface area contributed by atoms with E-state index in [1.807, 2.05) is 17.0 Å². The van der Waals surface area contributed by atoms with Gasteiger partial charge in [0.1, 0.15) is 0 Å². The number of hydrogen-bond acceptors (Lipinski definition) is 6. The van der Waals surface area contributed by atoms with E-state index in [9.17, 15) is 9.59 Å². The number of amides is 2. The first-order valence-corrected chi connectivity index (χ1v) is 11.3. The van der Waals surface area contributed by atoms with E-state index in [-0.39, 0.29) is 29.1 Å². The highest BCUT2D eigenvalue weighted by atomic mass is 16.5. The van der Waals surface area contributed by atoms with Gasteiger partial charge >= 0.3 is 0 Å². The van der Waals surface area contributed by atoms with Crippen molar-refractivity contribution < 1.29 is 14.1 Å². The van der Waals surface area contributed by atoms with Crippen molar-refractivity contribution in [2.75, 3.05) is 18.8 Å². The number of likely N-dealkylation sites (tertiary alicyclic amines) is 1. The molecular weight excluding hydrogens is 406 g/mol. The van der Waals surface area contributed by atoms with E-state index in [2.05, 4.69) is 35.9 Å². The van der Waals surface area contributed by atoms with Crippen LogP contribution in [0.1, 0.15) is 70.2 Å². The summed E-state index contributed by atoms with van der Waals surface area (Å²) in [5.41, 5.74) is 8.09. The Morgan fingerprint density at radius 1 is 1.22 bits per heavy atom. The van der Waals surface area contributed by atoms with Crippen molar-refractivity contribution >= 4 is 23.7 Å². The maximum atomic E-state index is 12.5. The van der Waals surface area contributed by atoms with Crippen molar-refractivity contribution in [3.05, 3.63) is 29.7 Å². The Bertz CT molecular complexity index is 1020. The van der Waals surface area contributed by atoms with E-state index >= 15 is 0 Å². The number of hydrogen-bond donors (Lipinski definition) is 1. The van der Waals surface area contributed by atoms with Gasteiger partial charge in [0.25, 0.3) is 0 Å². The zero-order valence-corrected chi connectivity index (χ0v) is 19.0. The number of nitrogens with zero attached hydrogens (tertiary/aromatic N) is 4. The highest BCUT2D eigenvalue weighted by Gasteiger charge is 2.30. The summed E-state index contributed by atoms with van der Waals surface area (Å²) in [5.74, 6) is 1.44. The van der Waals surface area contributed by atoms with E-state index in [1.165, 1.54) is 6.21 Å². The van der Waals surface area contributed by atoms with Gasteiger partial charge in [0.05, 0.1) is 0 Å². The van der Waals surface area contributed by atoms with Crippen LogP contribution >= 0.6 is 0 Å². The quantitative estimate of drug-likeness (QED) is 0.562. The zero-order chi connectivity index (χ0) is 22.9. The molecule has 1 aliphatic heterocycles. The van der Waals surface area contributed by atoms with E-state index in [0.717, 1.165) is 31.2 Å². The van der Waals surface area contributed by atoms with Gasteiger partial charge in [0.15, 0.2) is 0 Å². The van der Waals surface area contributed by atoms with E-state index in [4.69, 9.17) is 10.3 Å². The van der Waals surface area contributed by atoms with Crippen LogP contribution in [0.4, 0.5) is 5.69 Å². The first-order valence-electron chi connectivity index (χ1n) is 11.3. The van der Waals surface area contributed by atoms with Crippen LogP contribution in [0, 0.1) is 11.3 Å². The molecule has 2 fully saturated rings. The zero-order valence-electron chi connectivity index (χ0n) is 19.0. The molecule has 4 rings (SSSR count). The van der Waals surface area contributed by atoms with E-state index < -0.39 is 0 Å². The Morgan fingerprint density at radius 3 is 2.56 bits per heavy atom. The predicted octanol–water partition coefficient (Wildman–Crippen LogP) is 3.82. The summed E-state index contributed by atoms with van der Waals surface area (Å²) in [6, 6.07) is 5.43. The molecule has 32 heavy (non-hydrogen) atoms. The van der Waals surface area contributed by atoms with Crippen LogP contribution in [-0.2, 0) is 9.59 Å². The number of aromatic nitrogens is 2. The second-order valence-corrected chi connectivity index (χ2v) is 10.1. The van der Waals surface area contributed by atoms with Gasteiger partial charge in [-0.2, -0.15) is 4.98 Å². The molecule has 0 spiro atoms. The van der Waals surface area contributed by atoms with Crippen LogP contribution in [0.15, 0.2) is 27.7 Å². The lowest BCUT2D eigenvalue weighted by molar-refractivity contribution is -0.134. The van der Waals surface area contributed by atoms with Gasteiger partial charge in [-0.3, -0.25) is 9.59 Å². The van der Waals surface area contributed by atoms with Crippen LogP contribution in [0.3, 0.4) is 0 Å². The molecule has 2 heterocycles. The van der Waals surface area contributed by atoms with Crippen LogP contribution in [0.25, 0.3) is 11.4 Å². The van der Waals surface area contributed by atoms with Crippen LogP contribution in [0.5, 0.6) is 0 Å². The third-order valence-electron chi connectivity index (χ3n) is 5.92. The maximum absolute atomic E-state index is 12.5. The molecule has 2 aromatic rings. The van der Waals surface area contributed by atoms with Gasteiger partial charge < -0.3 is 15.2 Å². The number of carbonyl (C=O) groups is 2. The van der Waals surface area contributed by atoms with Crippen molar-refractivity contribution in [1.82, 2.24) is 15.0 Å². The molecular formula is C24H31N5O3. The molecule has 8 heteroatoms. The van der Waals surface area contributed by atoms with Crippen molar-refractivity contribution in [3.8, 4) is 11.4 Å². The normalized spacial score (nSPS) is 17.8. The standard InChI is InChI=1S/C24H31N5O3/c1-24(2,3)13-20(30)29-10-8-16(9-11-29)23-27-21(28-32-23)17-6-7-18(19(25)12-17)14-26-22(31)15-4-5-15/h6-7,12,14-16H,4-5,8-11,13,25H2,1-3H3. The van der Waals surface area contributed by atoms with Gasteiger partial charge in [0.2, 0.25) is 23.5 Å². The Morgan fingerprint density at radius 2 is 1.94 bits per heavy atom. The molecule has 2 aliphatic rings. The fraction of sp³-hybridized carbons (Fsp3) is 0.542. The molecule has 1 aliphatic carbocycles. The summed E-state index contributed by atoms with van der Waals surface area (Å²) >= 11 is 0. The SMILES string of the molecule is CC(C)(C)CC(=O)N1CCC(c2nc(-c3ccc(C=NC(=O)C4CC4)c(N)c3)no2)CC1. The molecule has 170 valence electrons. The molecule has 1 saturated carbocycles. The summed E-state index contributed by atoms with van der Waals surface area (Å²) in [7, 11) is 0. The minimum atomic E-state index is -0.0811. The Hall–Kier alpha value is -3.03. The number of rotatable bonds is 5. The van der Waals surface area contributed by atoms with Crippen molar-refractivity contribution in [2.45, 2.75) is 58.8 Å². The predicted molar refractivity (Wildman–Crippen MR) is 122 cm³/mol. The minimum absolute atomic E-state index is 0.00862. The fourth-order valence-electron chi connectivity index (χ4n) is 3.86. The summed E-state index contributed by atoms with van der Waals surface area (Å²) in [6.07, 6.45) is 5.55. The van der Waals surface area contributed by atoms with Gasteiger partial charge in [-0.1, -0.05) is 38.1 Å². The first kappa shape index (κ1) is 22.2. The molecule has 2 N–H and O–H groups in total. The number of aliphatic imine (C=N–C) groups is 1. The second kappa shape index (κ2) is 8.84. The van der Waals surface area contributed by atoms with Crippen LogP contribution < -0.4 is 5.73 Å². The molecule has 2 amide bonds. The number of nitrogen functional groups attached to an aromatic ring is 1. The number of carbonyl (C=O) groups excluding carboxylic acids is 2. The largest absolute Gasteiger partial charge is 0.398 e. The number of piperidine rings is 1. The lowest BCUT2D eigenvalue weighted by atomic mass is 9.90. The lowest BCUT2D eigenvalue weighted by Crippen LogP contribution is -2.39. The summed E-state index contributed by atoms with van der Waals surface area (Å²) in [4.78, 5) is 34.7. The van der Waals surface area contributed by atoms with Crippen molar-refractivity contribution in [3.63, 3.8) is 0 Å². The highest BCUT2D eigenvalue weighted by Crippen LogP contribution is 2.31. The third-order valence-corrected chi connectivity index (χ3v) is 5.92. The highest BCUT2D eigenvalue weighted by molar-refractivity contribution is 5.97. The smallest absolute Gasteiger partial charge is 0.248 e. The van der Waals surface area contributed by atoms with Crippen LogP contribution in [-0.4, -0.2) is 46.2 Å². The fourth-order valence-corrected chi connectivity index (χ4v) is 3.86. The topological polar surface area (TPSA) is 115 Å². The van der Waals surface area contributed by atoms with Crippen molar-refractivity contribution in [2.24, 2.45) is 16.3 Å². The first-order chi connectivity index (χ1) is 15.2. The Kier molecular flexibility index (Phi) is 6.13. The monoisotopic (exact) mass is 437 g/mol. The third kappa shape index (κ3) is 5.41. The van der Waals surface area contributed by atoms with Crippen molar-refractivity contribution in [1.29, 1.82) is 0 Å². The lowest BCUT2D eigenvalue weighted by Gasteiger charge is -2.32. The van der Waals surface area contributed by atoms with Gasteiger partial charge in [-0.05, 0) is 37.2 Å². The molecule has 1 aromatic carbocycles. The summed E-state index contributed by atoms with van der Waals surface area (Å²) in [5, 5.41) is 4.13. The Balaban J connectivity index is 1.37. The maximum Gasteiger partial charge on any atom is 0.248 e. The minimum Gasteiger partial charge on any atom is -0.398 e. The van der Waals surface area contributed by atoms with E-state index in [1.54, 1.807) is 6.07 Å². The molecule has 0 atom stereocenters. The molecule has 0 unspecified atom stereocenters. The molecule has 0 radical (unpaired) electrons. The Labute approximate surface area is 188 Å².